The Morgan fingerprint density at radius 1 is 1.30 bits per heavy atom. The van der Waals surface area contributed by atoms with E-state index >= 15 is 0 Å². The molecule has 1 saturated heterocycles. The fourth-order valence-corrected chi connectivity index (χ4v) is 3.94. The zero-order valence-corrected chi connectivity index (χ0v) is 15.5. The number of amides is 1. The third-order valence-corrected chi connectivity index (χ3v) is 5.55. The van der Waals surface area contributed by atoms with Crippen molar-refractivity contribution in [3.63, 3.8) is 0 Å². The van der Waals surface area contributed by atoms with Gasteiger partial charge in [0.05, 0.1) is 11.6 Å². The van der Waals surface area contributed by atoms with Crippen molar-refractivity contribution in [3.8, 4) is 0 Å². The third kappa shape index (κ3) is 3.16. The summed E-state index contributed by atoms with van der Waals surface area (Å²) in [5.74, 6) is 0.418. The Labute approximate surface area is 157 Å². The minimum Gasteiger partial charge on any atom is -0.376 e. The first-order valence-corrected chi connectivity index (χ1v) is 9.70. The van der Waals surface area contributed by atoms with E-state index in [0.717, 1.165) is 54.3 Å². The molecule has 7 nitrogen and oxygen atoms in total. The average molecular weight is 365 g/mol. The highest BCUT2D eigenvalue weighted by atomic mass is 16.5. The normalized spacial score (nSPS) is 19.8. The zero-order chi connectivity index (χ0) is 18.4. The number of benzene rings is 1. The molecule has 1 saturated carbocycles. The maximum atomic E-state index is 12.9. The van der Waals surface area contributed by atoms with Crippen LogP contribution in [0.2, 0.25) is 0 Å². The monoisotopic (exact) mass is 365 g/mol. The predicted molar refractivity (Wildman–Crippen MR) is 100 cm³/mol. The van der Waals surface area contributed by atoms with Gasteiger partial charge in [0.25, 0.3) is 0 Å². The number of nitrogens with zero attached hydrogens (tertiary/aromatic N) is 5. The number of pyridine rings is 1. The summed E-state index contributed by atoms with van der Waals surface area (Å²) in [5, 5.41) is 13.4. The molecule has 140 valence electrons. The molecule has 1 amide bonds. The van der Waals surface area contributed by atoms with Gasteiger partial charge < -0.3 is 9.64 Å². The largest absolute Gasteiger partial charge is 0.376 e. The molecule has 5 rings (SSSR count). The van der Waals surface area contributed by atoms with E-state index in [1.807, 2.05) is 4.90 Å². The van der Waals surface area contributed by atoms with Crippen molar-refractivity contribution in [2.45, 2.75) is 45.3 Å². The van der Waals surface area contributed by atoms with Crippen molar-refractivity contribution in [1.29, 1.82) is 0 Å². The quantitative estimate of drug-likeness (QED) is 0.695. The number of aromatic nitrogens is 4. The fourth-order valence-electron chi connectivity index (χ4n) is 3.94. The molecule has 27 heavy (non-hydrogen) atoms. The van der Waals surface area contributed by atoms with Gasteiger partial charge in [-0.1, -0.05) is 12.1 Å². The van der Waals surface area contributed by atoms with Gasteiger partial charge in [-0.3, -0.25) is 4.79 Å². The summed E-state index contributed by atoms with van der Waals surface area (Å²) in [5.41, 5.74) is 3.84. The molecule has 1 atom stereocenters. The number of hydrogen-bond donors (Lipinski definition) is 0. The van der Waals surface area contributed by atoms with E-state index < -0.39 is 0 Å². The van der Waals surface area contributed by atoms with E-state index in [4.69, 9.17) is 4.74 Å². The Bertz CT molecular complexity index is 1000. The van der Waals surface area contributed by atoms with Gasteiger partial charge >= 0.3 is 0 Å². The van der Waals surface area contributed by atoms with Crippen LogP contribution < -0.4 is 0 Å². The van der Waals surface area contributed by atoms with Gasteiger partial charge in [-0.15, -0.1) is 5.10 Å². The van der Waals surface area contributed by atoms with Crippen molar-refractivity contribution >= 4 is 22.5 Å². The lowest BCUT2D eigenvalue weighted by Gasteiger charge is -2.26. The van der Waals surface area contributed by atoms with Gasteiger partial charge in [-0.05, 0) is 60.7 Å². The second kappa shape index (κ2) is 6.56. The number of rotatable bonds is 5. The summed E-state index contributed by atoms with van der Waals surface area (Å²) in [6.45, 7) is 4.02. The maximum Gasteiger partial charge on any atom is 0.226 e. The van der Waals surface area contributed by atoms with Crippen molar-refractivity contribution in [3.05, 3.63) is 35.4 Å². The third-order valence-electron chi connectivity index (χ3n) is 5.55. The highest BCUT2D eigenvalue weighted by Gasteiger charge is 2.35. The number of carbonyl (C=O) groups excluding carboxylic acids is 1. The molecule has 1 aliphatic carbocycles. The van der Waals surface area contributed by atoms with Gasteiger partial charge in [0.2, 0.25) is 5.91 Å². The van der Waals surface area contributed by atoms with Crippen LogP contribution in [0.5, 0.6) is 0 Å². The second-order valence-electron chi connectivity index (χ2n) is 7.77. The molecule has 7 heteroatoms. The molecular weight excluding hydrogens is 342 g/mol. The van der Waals surface area contributed by atoms with Crippen LogP contribution in [-0.2, 0) is 16.1 Å². The fraction of sp³-hybridized carbons (Fsp3) is 0.500. The topological polar surface area (TPSA) is 72.6 Å². The molecule has 3 aromatic rings. The Hall–Kier alpha value is -2.54. The number of aryl methyl sites for hydroxylation is 1. The summed E-state index contributed by atoms with van der Waals surface area (Å²) >= 11 is 0. The zero-order valence-electron chi connectivity index (χ0n) is 15.5. The average Bonchev–Trinajstić information content (AvgIpc) is 3.16. The van der Waals surface area contributed by atoms with Crippen LogP contribution >= 0.6 is 0 Å². The van der Waals surface area contributed by atoms with E-state index in [2.05, 4.69) is 46.7 Å². The SMILES string of the molecule is Cc1ccc2cc(CN(C[C@@H]3CCCO3)C(=O)C3CC3)c3nnnn3c2c1. The Kier molecular flexibility index (Phi) is 4.04. The number of ether oxygens (including phenoxy) is 1. The molecule has 0 unspecified atom stereocenters. The number of hydrogen-bond acceptors (Lipinski definition) is 5. The van der Waals surface area contributed by atoms with Gasteiger partial charge in [-0.2, -0.15) is 4.52 Å². The second-order valence-corrected chi connectivity index (χ2v) is 7.77. The lowest BCUT2D eigenvalue weighted by Crippen LogP contribution is -2.38. The van der Waals surface area contributed by atoms with Crippen molar-refractivity contribution in [2.24, 2.45) is 5.92 Å². The highest BCUT2D eigenvalue weighted by molar-refractivity contribution is 5.84. The first kappa shape index (κ1) is 16.6. The van der Waals surface area contributed by atoms with E-state index in [-0.39, 0.29) is 17.9 Å². The van der Waals surface area contributed by atoms with E-state index in [1.165, 1.54) is 0 Å². The molecule has 0 radical (unpaired) electrons. The molecule has 0 bridgehead atoms. The predicted octanol–water partition coefficient (Wildman–Crippen LogP) is 2.50. The standard InChI is InChI=1S/C20H23N5O2/c1-13-4-5-15-10-16(19-21-22-23-25(19)18(15)9-13)11-24(20(26)14-6-7-14)12-17-3-2-8-27-17/h4-5,9-10,14,17H,2-3,6-8,11-12H2,1H3/t17-/m0/s1. The summed E-state index contributed by atoms with van der Waals surface area (Å²) in [7, 11) is 0. The summed E-state index contributed by atoms with van der Waals surface area (Å²) < 4.78 is 7.57. The highest BCUT2D eigenvalue weighted by Crippen LogP contribution is 2.32. The molecule has 0 spiro atoms. The molecule has 2 aliphatic rings. The van der Waals surface area contributed by atoms with Crippen LogP contribution in [0.15, 0.2) is 24.3 Å². The maximum absolute atomic E-state index is 12.9. The lowest BCUT2D eigenvalue weighted by molar-refractivity contribution is -0.134. The Morgan fingerprint density at radius 2 is 2.19 bits per heavy atom. The summed E-state index contributed by atoms with van der Waals surface area (Å²) in [6, 6.07) is 8.37. The van der Waals surface area contributed by atoms with E-state index in [1.54, 1.807) is 4.52 Å². The van der Waals surface area contributed by atoms with Crippen molar-refractivity contribution < 1.29 is 9.53 Å². The molecule has 0 N–H and O–H groups in total. The molecule has 2 aromatic heterocycles. The minimum absolute atomic E-state index is 0.142. The van der Waals surface area contributed by atoms with Crippen LogP contribution in [0.25, 0.3) is 16.6 Å². The van der Waals surface area contributed by atoms with Gasteiger partial charge in [0, 0.05) is 36.6 Å². The summed E-state index contributed by atoms with van der Waals surface area (Å²) in [4.78, 5) is 14.8. The molecule has 2 fully saturated rings. The van der Waals surface area contributed by atoms with Crippen LogP contribution in [0.1, 0.15) is 36.8 Å². The van der Waals surface area contributed by atoms with Crippen molar-refractivity contribution in [2.75, 3.05) is 13.2 Å². The molecule has 1 aromatic carbocycles. The Balaban J connectivity index is 1.52. The Morgan fingerprint density at radius 3 is 2.96 bits per heavy atom. The number of fused-ring (bicyclic) bond motifs is 3. The molecular formula is C20H23N5O2. The first-order chi connectivity index (χ1) is 13.2. The van der Waals surface area contributed by atoms with Gasteiger partial charge in [-0.25, -0.2) is 0 Å². The lowest BCUT2D eigenvalue weighted by atomic mass is 10.1. The van der Waals surface area contributed by atoms with Crippen molar-refractivity contribution in [1.82, 2.24) is 24.9 Å². The van der Waals surface area contributed by atoms with Crippen LogP contribution in [0.4, 0.5) is 0 Å². The van der Waals surface area contributed by atoms with Crippen LogP contribution in [0, 0.1) is 12.8 Å². The van der Waals surface area contributed by atoms with E-state index in [0.29, 0.717) is 18.7 Å². The van der Waals surface area contributed by atoms with Gasteiger partial charge in [0.1, 0.15) is 0 Å². The smallest absolute Gasteiger partial charge is 0.226 e. The minimum atomic E-state index is 0.142. The van der Waals surface area contributed by atoms with Crippen LogP contribution in [0.3, 0.4) is 0 Å². The van der Waals surface area contributed by atoms with Gasteiger partial charge in [0.15, 0.2) is 5.65 Å². The summed E-state index contributed by atoms with van der Waals surface area (Å²) in [6.07, 6.45) is 4.24. The molecule has 3 heterocycles. The number of tetrazole rings is 1. The first-order valence-electron chi connectivity index (χ1n) is 9.70. The molecule has 1 aliphatic heterocycles. The van der Waals surface area contributed by atoms with Crippen LogP contribution in [-0.4, -0.2) is 50.1 Å². The van der Waals surface area contributed by atoms with E-state index in [9.17, 15) is 4.79 Å². The number of carbonyl (C=O) groups is 1.